The molecule has 3 N–H and O–H groups in total. The molecule has 1 unspecified atom stereocenters. The molecular formula is C19H23BrN3O3+. The summed E-state index contributed by atoms with van der Waals surface area (Å²) in [5.74, 6) is 0.362. The average Bonchev–Trinajstić information content (AvgIpc) is 2.57. The maximum atomic E-state index is 12.1. The van der Waals surface area contributed by atoms with Crippen LogP contribution in [-0.2, 0) is 9.59 Å². The van der Waals surface area contributed by atoms with Gasteiger partial charge in [0.1, 0.15) is 5.75 Å². The Morgan fingerprint density at radius 2 is 1.65 bits per heavy atom. The molecule has 0 aromatic heterocycles. The Bertz CT molecular complexity index is 795. The molecule has 26 heavy (non-hydrogen) atoms. The van der Waals surface area contributed by atoms with Crippen LogP contribution < -0.4 is 20.3 Å². The molecule has 0 radical (unpaired) electrons. The second kappa shape index (κ2) is 9.35. The first-order valence-electron chi connectivity index (χ1n) is 8.18. The van der Waals surface area contributed by atoms with Gasteiger partial charge in [0.15, 0.2) is 13.1 Å². The fourth-order valence-electron chi connectivity index (χ4n) is 2.39. The summed E-state index contributed by atoms with van der Waals surface area (Å²) in [4.78, 5) is 25.1. The number of hydrogen-bond acceptors (Lipinski definition) is 3. The lowest BCUT2D eigenvalue weighted by molar-refractivity contribution is -0.862. The molecule has 2 aromatic carbocycles. The number of likely N-dealkylation sites (N-methyl/N-ethyl adjacent to an activating group) is 1. The van der Waals surface area contributed by atoms with Gasteiger partial charge in [0.2, 0.25) is 0 Å². The fourth-order valence-corrected chi connectivity index (χ4v) is 2.77. The number of carbonyl (C=O) groups excluding carboxylic acids is 2. The van der Waals surface area contributed by atoms with E-state index in [1.54, 1.807) is 38.4 Å². The van der Waals surface area contributed by atoms with Gasteiger partial charge in [0.25, 0.3) is 11.8 Å². The fraction of sp³-hybridized carbons (Fsp3) is 0.263. The second-order valence-electron chi connectivity index (χ2n) is 6.10. The number of nitrogens with one attached hydrogen (secondary N) is 3. The maximum absolute atomic E-state index is 12.1. The van der Waals surface area contributed by atoms with Crippen molar-refractivity contribution in [1.29, 1.82) is 0 Å². The number of aryl methyl sites for hydroxylation is 1. The van der Waals surface area contributed by atoms with Gasteiger partial charge in [-0.05, 0) is 36.8 Å². The average molecular weight is 421 g/mol. The SMILES string of the molecule is COc1cccc(NC(=O)C[NH+](C)CC(=O)Nc2ccc(C)c(Br)c2)c1. The number of benzene rings is 2. The Balaban J connectivity index is 1.82. The normalized spacial score (nSPS) is 11.5. The van der Waals surface area contributed by atoms with Crippen LogP contribution in [0.1, 0.15) is 5.56 Å². The van der Waals surface area contributed by atoms with Gasteiger partial charge in [-0.15, -0.1) is 0 Å². The van der Waals surface area contributed by atoms with Gasteiger partial charge < -0.3 is 20.3 Å². The van der Waals surface area contributed by atoms with Crippen LogP contribution in [0.3, 0.4) is 0 Å². The molecule has 6 nitrogen and oxygen atoms in total. The van der Waals surface area contributed by atoms with Crippen LogP contribution in [0.25, 0.3) is 0 Å². The van der Waals surface area contributed by atoms with Crippen molar-refractivity contribution in [1.82, 2.24) is 0 Å². The minimum atomic E-state index is -0.165. The van der Waals surface area contributed by atoms with Gasteiger partial charge in [0, 0.05) is 21.9 Å². The number of amides is 2. The number of rotatable bonds is 7. The van der Waals surface area contributed by atoms with Crippen LogP contribution in [0.4, 0.5) is 11.4 Å². The smallest absolute Gasteiger partial charge is 0.279 e. The zero-order valence-electron chi connectivity index (χ0n) is 15.1. The van der Waals surface area contributed by atoms with E-state index in [2.05, 4.69) is 26.6 Å². The van der Waals surface area contributed by atoms with Crippen molar-refractivity contribution in [3.05, 3.63) is 52.5 Å². The molecule has 0 fully saturated rings. The molecule has 0 aliphatic carbocycles. The van der Waals surface area contributed by atoms with Crippen LogP contribution in [0, 0.1) is 6.92 Å². The van der Waals surface area contributed by atoms with Crippen LogP contribution in [0.2, 0.25) is 0 Å². The Hall–Kier alpha value is -2.38. The zero-order chi connectivity index (χ0) is 19.1. The van der Waals surface area contributed by atoms with Crippen molar-refractivity contribution in [3.8, 4) is 5.75 Å². The number of hydrogen-bond donors (Lipinski definition) is 3. The van der Waals surface area contributed by atoms with Crippen molar-refractivity contribution < 1.29 is 19.2 Å². The standard InChI is InChI=1S/C19H22BrN3O3/c1-13-7-8-15(10-17(13)20)22-19(25)12-23(2)11-18(24)21-14-5-4-6-16(9-14)26-3/h4-10H,11-12H2,1-3H3,(H,21,24)(H,22,25)/p+1. The van der Waals surface area contributed by atoms with Crippen molar-refractivity contribution in [2.45, 2.75) is 6.92 Å². The minimum absolute atomic E-state index is 0.146. The summed E-state index contributed by atoms with van der Waals surface area (Å²) >= 11 is 3.44. The third kappa shape index (κ3) is 6.16. The van der Waals surface area contributed by atoms with E-state index in [4.69, 9.17) is 4.74 Å². The predicted molar refractivity (Wildman–Crippen MR) is 106 cm³/mol. The van der Waals surface area contributed by atoms with E-state index in [0.717, 1.165) is 20.6 Å². The van der Waals surface area contributed by atoms with Crippen LogP contribution in [-0.4, -0.2) is 39.1 Å². The molecule has 1 atom stereocenters. The monoisotopic (exact) mass is 420 g/mol. The summed E-state index contributed by atoms with van der Waals surface area (Å²) in [6, 6.07) is 12.8. The van der Waals surface area contributed by atoms with E-state index in [-0.39, 0.29) is 24.9 Å². The van der Waals surface area contributed by atoms with Crippen LogP contribution in [0.15, 0.2) is 46.9 Å². The van der Waals surface area contributed by atoms with Gasteiger partial charge in [-0.25, -0.2) is 0 Å². The summed E-state index contributed by atoms with van der Waals surface area (Å²) in [5, 5.41) is 5.65. The first-order chi connectivity index (χ1) is 12.4. The van der Waals surface area contributed by atoms with Gasteiger partial charge in [-0.1, -0.05) is 28.1 Å². The lowest BCUT2D eigenvalue weighted by Gasteiger charge is -2.14. The van der Waals surface area contributed by atoms with Gasteiger partial charge in [-0.2, -0.15) is 0 Å². The number of methoxy groups -OCH3 is 1. The first kappa shape index (κ1) is 19.9. The number of quaternary nitrogens is 1. The number of ether oxygens (including phenoxy) is 1. The molecule has 0 heterocycles. The number of halogens is 1. The Kier molecular flexibility index (Phi) is 7.17. The highest BCUT2D eigenvalue weighted by Crippen LogP contribution is 2.20. The Morgan fingerprint density at radius 3 is 2.23 bits per heavy atom. The van der Waals surface area contributed by atoms with Crippen LogP contribution >= 0.6 is 15.9 Å². The lowest BCUT2D eigenvalue weighted by atomic mass is 10.2. The van der Waals surface area contributed by atoms with E-state index in [9.17, 15) is 9.59 Å². The summed E-state index contributed by atoms with van der Waals surface area (Å²) in [7, 11) is 3.37. The van der Waals surface area contributed by atoms with Crippen LogP contribution in [0.5, 0.6) is 5.75 Å². The summed E-state index contributed by atoms with van der Waals surface area (Å²) in [5.41, 5.74) is 2.48. The highest BCUT2D eigenvalue weighted by molar-refractivity contribution is 9.10. The van der Waals surface area contributed by atoms with E-state index in [0.29, 0.717) is 11.4 Å². The molecule has 0 bridgehead atoms. The molecule has 2 amide bonds. The van der Waals surface area contributed by atoms with Crippen molar-refractivity contribution in [2.24, 2.45) is 0 Å². The molecule has 138 valence electrons. The highest BCUT2D eigenvalue weighted by Gasteiger charge is 2.15. The molecule has 7 heteroatoms. The second-order valence-corrected chi connectivity index (χ2v) is 6.96. The summed E-state index contributed by atoms with van der Waals surface area (Å²) in [6.07, 6.45) is 0. The van der Waals surface area contributed by atoms with Crippen molar-refractivity contribution in [2.75, 3.05) is 37.9 Å². The molecule has 0 aliphatic heterocycles. The molecule has 0 saturated carbocycles. The third-order valence-corrected chi connectivity index (χ3v) is 4.59. The maximum Gasteiger partial charge on any atom is 0.279 e. The highest BCUT2D eigenvalue weighted by atomic mass is 79.9. The van der Waals surface area contributed by atoms with E-state index >= 15 is 0 Å². The topological polar surface area (TPSA) is 71.9 Å². The van der Waals surface area contributed by atoms with Crippen molar-refractivity contribution in [3.63, 3.8) is 0 Å². The molecule has 0 saturated heterocycles. The molecular weight excluding hydrogens is 398 g/mol. The summed E-state index contributed by atoms with van der Waals surface area (Å²) < 4.78 is 6.07. The molecule has 2 rings (SSSR count). The quantitative estimate of drug-likeness (QED) is 0.639. The number of carbonyl (C=O) groups is 2. The molecule has 2 aromatic rings. The molecule has 0 aliphatic rings. The lowest BCUT2D eigenvalue weighted by Crippen LogP contribution is -3.11. The number of anilines is 2. The Labute approximate surface area is 161 Å². The Morgan fingerprint density at radius 1 is 1.04 bits per heavy atom. The van der Waals surface area contributed by atoms with Gasteiger partial charge >= 0.3 is 0 Å². The third-order valence-electron chi connectivity index (χ3n) is 3.73. The predicted octanol–water partition coefficient (Wildman–Crippen LogP) is 1.86. The summed E-state index contributed by atoms with van der Waals surface area (Å²) in [6.45, 7) is 2.35. The van der Waals surface area contributed by atoms with E-state index in [1.165, 1.54) is 0 Å². The first-order valence-corrected chi connectivity index (χ1v) is 8.98. The molecule has 0 spiro atoms. The van der Waals surface area contributed by atoms with E-state index in [1.807, 2.05) is 25.1 Å². The zero-order valence-corrected chi connectivity index (χ0v) is 16.6. The largest absolute Gasteiger partial charge is 0.497 e. The van der Waals surface area contributed by atoms with Gasteiger partial charge in [0.05, 0.1) is 14.2 Å². The van der Waals surface area contributed by atoms with E-state index < -0.39 is 0 Å². The minimum Gasteiger partial charge on any atom is -0.497 e. The van der Waals surface area contributed by atoms with Crippen molar-refractivity contribution >= 4 is 39.1 Å². The van der Waals surface area contributed by atoms with Gasteiger partial charge in [-0.3, -0.25) is 9.59 Å².